The zero-order valence-corrected chi connectivity index (χ0v) is 12.6. The van der Waals surface area contributed by atoms with Crippen molar-refractivity contribution in [2.45, 2.75) is 13.5 Å². The number of nitrogen functional groups attached to an aromatic ring is 1. The summed E-state index contributed by atoms with van der Waals surface area (Å²) < 4.78 is 1.72. The van der Waals surface area contributed by atoms with Crippen LogP contribution in [0.15, 0.2) is 36.5 Å². The van der Waals surface area contributed by atoms with Crippen molar-refractivity contribution in [1.29, 1.82) is 0 Å². The summed E-state index contributed by atoms with van der Waals surface area (Å²) in [5, 5.41) is 5.60. The summed E-state index contributed by atoms with van der Waals surface area (Å²) in [4.78, 5) is 16.6. The fraction of sp³-hybridized carbons (Fsp3) is 0.133. The van der Waals surface area contributed by atoms with Crippen molar-refractivity contribution in [2.75, 3.05) is 0 Å². The number of aromatic nitrogens is 3. The maximum absolute atomic E-state index is 12.0. The molecule has 0 fully saturated rings. The number of carbonyl (C=O) groups excluding carboxylic acids is 1. The van der Waals surface area contributed by atoms with Gasteiger partial charge in [0.2, 0.25) is 0 Å². The molecule has 6 nitrogen and oxygen atoms in total. The third kappa shape index (κ3) is 2.43. The molecule has 3 N–H and O–H groups in total. The summed E-state index contributed by atoms with van der Waals surface area (Å²) in [5.41, 5.74) is 4.35. The fourth-order valence-corrected chi connectivity index (χ4v) is 2.54. The molecule has 7 heteroatoms. The van der Waals surface area contributed by atoms with Gasteiger partial charge in [0.15, 0.2) is 0 Å². The van der Waals surface area contributed by atoms with E-state index in [9.17, 15) is 4.79 Å². The Labute approximate surface area is 131 Å². The Morgan fingerprint density at radius 3 is 2.86 bits per heavy atom. The first kappa shape index (κ1) is 14.5. The molecule has 2 heterocycles. The molecule has 1 aromatic carbocycles. The standard InChI is InChI=1S/C15H14ClN5O/c1-2-21-8-11(16)14(20-21)13-7-10(15(22)19-17)9-5-3-4-6-12(9)18-13/h3-8H,2,17H2,1H3,(H,19,22). The van der Waals surface area contributed by atoms with E-state index in [4.69, 9.17) is 17.4 Å². The molecule has 3 aromatic rings. The zero-order valence-electron chi connectivity index (χ0n) is 11.9. The highest BCUT2D eigenvalue weighted by molar-refractivity contribution is 6.33. The molecule has 22 heavy (non-hydrogen) atoms. The number of nitrogens with two attached hydrogens (primary N) is 1. The van der Waals surface area contributed by atoms with Crippen LogP contribution in [0.25, 0.3) is 22.3 Å². The van der Waals surface area contributed by atoms with Crippen LogP contribution in [0.4, 0.5) is 0 Å². The first-order chi connectivity index (χ1) is 10.6. The van der Waals surface area contributed by atoms with E-state index in [1.54, 1.807) is 16.9 Å². The van der Waals surface area contributed by atoms with Crippen molar-refractivity contribution in [3.63, 3.8) is 0 Å². The molecule has 0 spiro atoms. The number of nitrogens with zero attached hydrogens (tertiary/aromatic N) is 3. The Kier molecular flexibility index (Phi) is 3.79. The lowest BCUT2D eigenvalue weighted by Crippen LogP contribution is -2.30. The van der Waals surface area contributed by atoms with Crippen LogP contribution >= 0.6 is 11.6 Å². The number of fused-ring (bicyclic) bond motifs is 1. The van der Waals surface area contributed by atoms with Gasteiger partial charge in [-0.2, -0.15) is 5.10 Å². The first-order valence-electron chi connectivity index (χ1n) is 6.78. The Balaban J connectivity index is 2.26. The van der Waals surface area contributed by atoms with Crippen LogP contribution in [0.3, 0.4) is 0 Å². The molecule has 3 rings (SSSR count). The van der Waals surface area contributed by atoms with Gasteiger partial charge in [0.05, 0.1) is 21.8 Å². The quantitative estimate of drug-likeness (QED) is 0.441. The minimum absolute atomic E-state index is 0.383. The van der Waals surface area contributed by atoms with Crippen molar-refractivity contribution < 1.29 is 4.79 Å². The van der Waals surface area contributed by atoms with Crippen LogP contribution in [-0.4, -0.2) is 20.7 Å². The van der Waals surface area contributed by atoms with Gasteiger partial charge in [-0.3, -0.25) is 14.9 Å². The number of nitrogens with one attached hydrogen (secondary N) is 1. The maximum Gasteiger partial charge on any atom is 0.265 e. The summed E-state index contributed by atoms with van der Waals surface area (Å²) >= 11 is 6.23. The Morgan fingerprint density at radius 1 is 1.41 bits per heavy atom. The van der Waals surface area contributed by atoms with Gasteiger partial charge in [-0.1, -0.05) is 29.8 Å². The largest absolute Gasteiger partial charge is 0.290 e. The highest BCUT2D eigenvalue weighted by Gasteiger charge is 2.16. The Hall–Kier alpha value is -2.44. The smallest absolute Gasteiger partial charge is 0.265 e. The first-order valence-corrected chi connectivity index (χ1v) is 7.16. The van der Waals surface area contributed by atoms with Gasteiger partial charge in [0, 0.05) is 18.1 Å². The van der Waals surface area contributed by atoms with Gasteiger partial charge in [-0.25, -0.2) is 10.8 Å². The van der Waals surface area contributed by atoms with Crippen LogP contribution in [0.1, 0.15) is 17.3 Å². The second-order valence-corrected chi connectivity index (χ2v) is 5.13. The maximum atomic E-state index is 12.0. The SMILES string of the molecule is CCn1cc(Cl)c(-c2cc(C(=O)NN)c3ccccc3n2)n1. The normalized spacial score (nSPS) is 10.9. The van der Waals surface area contributed by atoms with Crippen molar-refractivity contribution in [3.8, 4) is 11.4 Å². The Morgan fingerprint density at radius 2 is 2.18 bits per heavy atom. The van der Waals surface area contributed by atoms with Crippen LogP contribution in [0.2, 0.25) is 5.02 Å². The van der Waals surface area contributed by atoms with Gasteiger partial charge in [0.25, 0.3) is 5.91 Å². The molecule has 0 unspecified atom stereocenters. The topological polar surface area (TPSA) is 85.8 Å². The number of benzene rings is 1. The monoisotopic (exact) mass is 315 g/mol. The van der Waals surface area contributed by atoms with E-state index in [-0.39, 0.29) is 5.91 Å². The van der Waals surface area contributed by atoms with Gasteiger partial charge < -0.3 is 0 Å². The molecule has 0 atom stereocenters. The summed E-state index contributed by atoms with van der Waals surface area (Å²) in [6, 6.07) is 9.00. The number of amides is 1. The molecule has 112 valence electrons. The lowest BCUT2D eigenvalue weighted by atomic mass is 10.1. The molecule has 0 saturated carbocycles. The average molecular weight is 316 g/mol. The predicted molar refractivity (Wildman–Crippen MR) is 85.3 cm³/mol. The molecule has 1 amide bonds. The van der Waals surface area contributed by atoms with E-state index in [0.29, 0.717) is 34.0 Å². The predicted octanol–water partition coefficient (Wildman–Crippen LogP) is 2.38. The van der Waals surface area contributed by atoms with Crippen molar-refractivity contribution in [3.05, 3.63) is 47.1 Å². The van der Waals surface area contributed by atoms with Crippen LogP contribution in [0, 0.1) is 0 Å². The number of hydrazine groups is 1. The second-order valence-electron chi connectivity index (χ2n) is 4.73. The zero-order chi connectivity index (χ0) is 15.7. The lowest BCUT2D eigenvalue weighted by Gasteiger charge is -2.07. The molecular formula is C15H14ClN5O. The number of aryl methyl sites for hydroxylation is 1. The third-order valence-corrected chi connectivity index (χ3v) is 3.65. The van der Waals surface area contributed by atoms with E-state index in [0.717, 1.165) is 5.39 Å². The molecule has 0 radical (unpaired) electrons. The molecule has 0 saturated heterocycles. The summed E-state index contributed by atoms with van der Waals surface area (Å²) in [6.45, 7) is 2.66. The summed E-state index contributed by atoms with van der Waals surface area (Å²) in [6.07, 6.45) is 1.73. The average Bonchev–Trinajstić information content (AvgIpc) is 2.94. The van der Waals surface area contributed by atoms with Gasteiger partial charge in [0.1, 0.15) is 5.69 Å². The number of pyridine rings is 1. The van der Waals surface area contributed by atoms with Crippen molar-refractivity contribution in [2.24, 2.45) is 5.84 Å². The van der Waals surface area contributed by atoms with E-state index < -0.39 is 0 Å². The van der Waals surface area contributed by atoms with E-state index in [1.165, 1.54) is 0 Å². The Bertz CT molecular complexity index is 858. The second kappa shape index (κ2) is 5.75. The number of carbonyl (C=O) groups is 1. The van der Waals surface area contributed by atoms with Gasteiger partial charge in [-0.15, -0.1) is 0 Å². The van der Waals surface area contributed by atoms with Crippen LogP contribution in [0.5, 0.6) is 0 Å². The third-order valence-electron chi connectivity index (χ3n) is 3.38. The fourth-order valence-electron chi connectivity index (χ4n) is 2.29. The summed E-state index contributed by atoms with van der Waals surface area (Å²) in [5.74, 6) is 4.89. The molecule has 0 bridgehead atoms. The van der Waals surface area contributed by atoms with E-state index >= 15 is 0 Å². The highest BCUT2D eigenvalue weighted by atomic mass is 35.5. The molecule has 2 aromatic heterocycles. The van der Waals surface area contributed by atoms with Crippen molar-refractivity contribution in [1.82, 2.24) is 20.2 Å². The van der Waals surface area contributed by atoms with Crippen LogP contribution < -0.4 is 11.3 Å². The molecule has 0 aliphatic carbocycles. The van der Waals surface area contributed by atoms with Gasteiger partial charge >= 0.3 is 0 Å². The molecule has 0 aliphatic heterocycles. The number of para-hydroxylation sites is 1. The molecular weight excluding hydrogens is 302 g/mol. The minimum Gasteiger partial charge on any atom is -0.290 e. The van der Waals surface area contributed by atoms with E-state index in [1.807, 2.05) is 31.2 Å². The number of rotatable bonds is 3. The van der Waals surface area contributed by atoms with Crippen LogP contribution in [-0.2, 0) is 6.54 Å². The number of halogens is 1. The number of hydrogen-bond donors (Lipinski definition) is 2. The minimum atomic E-state index is -0.383. The van der Waals surface area contributed by atoms with Gasteiger partial charge in [-0.05, 0) is 19.1 Å². The van der Waals surface area contributed by atoms with E-state index in [2.05, 4.69) is 15.5 Å². The van der Waals surface area contributed by atoms with Crippen molar-refractivity contribution >= 4 is 28.4 Å². The highest BCUT2D eigenvalue weighted by Crippen LogP contribution is 2.28. The number of hydrogen-bond acceptors (Lipinski definition) is 4. The summed E-state index contributed by atoms with van der Waals surface area (Å²) in [7, 11) is 0. The molecule has 0 aliphatic rings. The lowest BCUT2D eigenvalue weighted by molar-refractivity contribution is 0.0955.